The summed E-state index contributed by atoms with van der Waals surface area (Å²) in [5.41, 5.74) is 2.60. The molecule has 0 saturated carbocycles. The van der Waals surface area contributed by atoms with Crippen LogP contribution < -0.4 is 4.90 Å². The summed E-state index contributed by atoms with van der Waals surface area (Å²) in [6.45, 7) is 2.65. The number of aromatic nitrogens is 1. The highest BCUT2D eigenvalue weighted by molar-refractivity contribution is 5.89. The van der Waals surface area contributed by atoms with Crippen LogP contribution in [-0.4, -0.2) is 42.0 Å². The van der Waals surface area contributed by atoms with Gasteiger partial charge in [0.05, 0.1) is 6.42 Å². The summed E-state index contributed by atoms with van der Waals surface area (Å²) in [6.07, 6.45) is 2.02. The van der Waals surface area contributed by atoms with Gasteiger partial charge < -0.3 is 14.8 Å². The van der Waals surface area contributed by atoms with Crippen molar-refractivity contribution < 1.29 is 13.6 Å². The molecule has 26 heavy (non-hydrogen) atoms. The third-order valence-corrected chi connectivity index (χ3v) is 4.90. The lowest BCUT2D eigenvalue weighted by molar-refractivity contribution is -0.130. The van der Waals surface area contributed by atoms with Crippen molar-refractivity contribution >= 4 is 22.5 Å². The summed E-state index contributed by atoms with van der Waals surface area (Å²) in [7, 11) is 0. The third-order valence-electron chi connectivity index (χ3n) is 4.90. The van der Waals surface area contributed by atoms with E-state index in [-0.39, 0.29) is 24.0 Å². The van der Waals surface area contributed by atoms with E-state index in [4.69, 9.17) is 0 Å². The van der Waals surface area contributed by atoms with Crippen molar-refractivity contribution in [2.45, 2.75) is 6.42 Å². The van der Waals surface area contributed by atoms with E-state index < -0.39 is 0 Å². The van der Waals surface area contributed by atoms with Crippen LogP contribution in [0.25, 0.3) is 10.9 Å². The van der Waals surface area contributed by atoms with E-state index in [1.54, 1.807) is 24.4 Å². The van der Waals surface area contributed by atoms with Gasteiger partial charge in [0.1, 0.15) is 11.6 Å². The highest BCUT2D eigenvalue weighted by Gasteiger charge is 2.22. The molecule has 0 spiro atoms. The van der Waals surface area contributed by atoms with Crippen molar-refractivity contribution in [2.24, 2.45) is 0 Å². The number of benzene rings is 2. The summed E-state index contributed by atoms with van der Waals surface area (Å²) >= 11 is 0. The highest BCUT2D eigenvalue weighted by atomic mass is 19.1. The molecule has 4 rings (SSSR count). The van der Waals surface area contributed by atoms with Gasteiger partial charge in [-0.1, -0.05) is 0 Å². The zero-order valence-electron chi connectivity index (χ0n) is 14.2. The van der Waals surface area contributed by atoms with Gasteiger partial charge in [-0.15, -0.1) is 0 Å². The maximum atomic E-state index is 13.5. The van der Waals surface area contributed by atoms with Crippen molar-refractivity contribution in [1.82, 2.24) is 9.88 Å². The van der Waals surface area contributed by atoms with Gasteiger partial charge >= 0.3 is 0 Å². The zero-order valence-corrected chi connectivity index (χ0v) is 14.2. The number of hydrogen-bond donors (Lipinski definition) is 1. The SMILES string of the molecule is O=C(Cc1c[nH]c2ccc(F)cc12)N1CCN(c2ccc(F)cc2)CC1. The molecule has 1 saturated heterocycles. The Morgan fingerprint density at radius 3 is 2.38 bits per heavy atom. The minimum atomic E-state index is -0.307. The van der Waals surface area contributed by atoms with Gasteiger partial charge in [-0.3, -0.25) is 4.79 Å². The fourth-order valence-corrected chi connectivity index (χ4v) is 3.44. The minimum Gasteiger partial charge on any atom is -0.368 e. The molecule has 2 aromatic carbocycles. The number of nitrogens with one attached hydrogen (secondary N) is 1. The van der Waals surface area contributed by atoms with Gasteiger partial charge in [0.15, 0.2) is 0 Å². The number of piperazine rings is 1. The molecule has 3 aromatic rings. The number of anilines is 1. The van der Waals surface area contributed by atoms with E-state index in [1.165, 1.54) is 24.3 Å². The average molecular weight is 355 g/mol. The summed E-state index contributed by atoms with van der Waals surface area (Å²) in [4.78, 5) is 19.7. The first kappa shape index (κ1) is 16.6. The van der Waals surface area contributed by atoms with E-state index in [2.05, 4.69) is 9.88 Å². The number of aromatic amines is 1. The standard InChI is InChI=1S/C20H19F2N3O/c21-15-1-4-17(5-2-15)24-7-9-25(10-8-24)20(26)11-14-13-23-19-6-3-16(22)12-18(14)19/h1-6,12-13,23H,7-11H2. The molecule has 1 N–H and O–H groups in total. The van der Waals surface area contributed by atoms with Crippen molar-refractivity contribution in [3.05, 3.63) is 65.9 Å². The second-order valence-electron chi connectivity index (χ2n) is 6.52. The van der Waals surface area contributed by atoms with Crippen molar-refractivity contribution in [3.63, 3.8) is 0 Å². The summed E-state index contributed by atoms with van der Waals surface area (Å²) in [5, 5.41) is 0.753. The number of nitrogens with zero attached hydrogens (tertiary/aromatic N) is 2. The first-order chi connectivity index (χ1) is 12.6. The van der Waals surface area contributed by atoms with Crippen LogP contribution in [0.1, 0.15) is 5.56 Å². The van der Waals surface area contributed by atoms with E-state index >= 15 is 0 Å². The molecule has 6 heteroatoms. The van der Waals surface area contributed by atoms with Gasteiger partial charge in [0, 0.05) is 49.0 Å². The molecule has 4 nitrogen and oxygen atoms in total. The summed E-state index contributed by atoms with van der Waals surface area (Å²) < 4.78 is 26.5. The molecule has 0 bridgehead atoms. The Bertz CT molecular complexity index is 928. The van der Waals surface area contributed by atoms with Gasteiger partial charge in [-0.05, 0) is 48.0 Å². The summed E-state index contributed by atoms with van der Waals surface area (Å²) in [5.74, 6) is -0.523. The number of rotatable bonds is 3. The lowest BCUT2D eigenvalue weighted by atomic mass is 10.1. The number of H-pyrrole nitrogens is 1. The molecule has 1 aliphatic rings. The Labute approximate surface area is 150 Å². The minimum absolute atomic E-state index is 0.0360. The summed E-state index contributed by atoms with van der Waals surface area (Å²) in [6, 6.07) is 11.0. The number of carbonyl (C=O) groups excluding carboxylic acids is 1. The monoisotopic (exact) mass is 355 g/mol. The predicted octanol–water partition coefficient (Wildman–Crippen LogP) is 3.34. The van der Waals surface area contributed by atoms with Gasteiger partial charge in [0.2, 0.25) is 5.91 Å². The van der Waals surface area contributed by atoms with E-state index in [0.717, 1.165) is 22.2 Å². The van der Waals surface area contributed by atoms with Crippen LogP contribution in [0.3, 0.4) is 0 Å². The Kier molecular flexibility index (Phi) is 4.32. The van der Waals surface area contributed by atoms with Crippen LogP contribution in [0.5, 0.6) is 0 Å². The Hall–Kier alpha value is -2.89. The van der Waals surface area contributed by atoms with Gasteiger partial charge in [0.25, 0.3) is 0 Å². The second kappa shape index (κ2) is 6.78. The molecular weight excluding hydrogens is 336 g/mol. The van der Waals surface area contributed by atoms with Crippen LogP contribution in [0.2, 0.25) is 0 Å². The first-order valence-corrected chi connectivity index (χ1v) is 8.64. The second-order valence-corrected chi connectivity index (χ2v) is 6.52. The molecule has 134 valence electrons. The van der Waals surface area contributed by atoms with E-state index in [1.807, 2.05) is 4.90 Å². The number of carbonyl (C=O) groups is 1. The number of hydrogen-bond acceptors (Lipinski definition) is 2. The maximum absolute atomic E-state index is 13.5. The largest absolute Gasteiger partial charge is 0.368 e. The fourth-order valence-electron chi connectivity index (χ4n) is 3.44. The lowest BCUT2D eigenvalue weighted by Gasteiger charge is -2.36. The predicted molar refractivity (Wildman–Crippen MR) is 97.2 cm³/mol. The smallest absolute Gasteiger partial charge is 0.227 e. The first-order valence-electron chi connectivity index (χ1n) is 8.64. The molecule has 0 atom stereocenters. The zero-order chi connectivity index (χ0) is 18.1. The lowest BCUT2D eigenvalue weighted by Crippen LogP contribution is -2.49. The number of fused-ring (bicyclic) bond motifs is 1. The van der Waals surface area contributed by atoms with E-state index in [9.17, 15) is 13.6 Å². The van der Waals surface area contributed by atoms with Crippen LogP contribution in [-0.2, 0) is 11.2 Å². The molecule has 0 aliphatic carbocycles. The topological polar surface area (TPSA) is 39.3 Å². The van der Waals surface area contributed by atoms with Crippen molar-refractivity contribution in [1.29, 1.82) is 0 Å². The Morgan fingerprint density at radius 1 is 0.962 bits per heavy atom. The molecule has 0 radical (unpaired) electrons. The highest BCUT2D eigenvalue weighted by Crippen LogP contribution is 2.21. The molecule has 0 unspecified atom stereocenters. The number of amides is 1. The molecule has 2 heterocycles. The normalized spacial score (nSPS) is 14.8. The maximum Gasteiger partial charge on any atom is 0.227 e. The van der Waals surface area contributed by atoms with Crippen LogP contribution >= 0.6 is 0 Å². The Morgan fingerprint density at radius 2 is 1.65 bits per heavy atom. The molecule has 1 aliphatic heterocycles. The van der Waals surface area contributed by atoms with Crippen LogP contribution in [0.4, 0.5) is 14.5 Å². The molecular formula is C20H19F2N3O. The number of halogens is 2. The fraction of sp³-hybridized carbons (Fsp3) is 0.250. The Balaban J connectivity index is 1.40. The third kappa shape index (κ3) is 3.27. The average Bonchev–Trinajstić information content (AvgIpc) is 3.04. The quantitative estimate of drug-likeness (QED) is 0.783. The van der Waals surface area contributed by atoms with Crippen molar-refractivity contribution in [2.75, 3.05) is 31.1 Å². The molecule has 1 amide bonds. The van der Waals surface area contributed by atoms with Crippen LogP contribution in [0, 0.1) is 11.6 Å². The van der Waals surface area contributed by atoms with Gasteiger partial charge in [-0.25, -0.2) is 8.78 Å². The molecule has 1 aromatic heterocycles. The molecule has 1 fully saturated rings. The van der Waals surface area contributed by atoms with Crippen molar-refractivity contribution in [3.8, 4) is 0 Å². The van der Waals surface area contributed by atoms with Crippen LogP contribution in [0.15, 0.2) is 48.7 Å². The van der Waals surface area contributed by atoms with E-state index in [0.29, 0.717) is 26.2 Å². The van der Waals surface area contributed by atoms with Gasteiger partial charge in [-0.2, -0.15) is 0 Å².